The fourth-order valence-corrected chi connectivity index (χ4v) is 3.32. The number of fused-ring (bicyclic) bond motifs is 2. The molecule has 21 heavy (non-hydrogen) atoms. The van der Waals surface area contributed by atoms with Crippen molar-refractivity contribution in [3.63, 3.8) is 0 Å². The van der Waals surface area contributed by atoms with Gasteiger partial charge in [-0.3, -0.25) is 20.8 Å². The maximum absolute atomic E-state index is 13.6. The van der Waals surface area contributed by atoms with E-state index in [1.54, 1.807) is 4.90 Å². The van der Waals surface area contributed by atoms with Crippen molar-refractivity contribution in [2.45, 2.75) is 25.3 Å². The number of rotatable bonds is 3. The van der Waals surface area contributed by atoms with Gasteiger partial charge in [0.1, 0.15) is 5.56 Å². The molecule has 2 aliphatic rings. The molecule has 1 heterocycles. The van der Waals surface area contributed by atoms with Gasteiger partial charge in [-0.05, 0) is 31.2 Å². The highest BCUT2D eigenvalue weighted by Crippen LogP contribution is 2.39. The summed E-state index contributed by atoms with van der Waals surface area (Å²) in [7, 11) is 0. The lowest BCUT2D eigenvalue weighted by Gasteiger charge is -2.27. The molecule has 1 amide bonds. The first-order valence-electron chi connectivity index (χ1n) is 6.76. The Kier molecular flexibility index (Phi) is 3.25. The third-order valence-electron chi connectivity index (χ3n) is 4.34. The van der Waals surface area contributed by atoms with Gasteiger partial charge in [0, 0.05) is 12.6 Å². The minimum Gasteiger partial charge on any atom is -0.335 e. The van der Waals surface area contributed by atoms with Crippen LogP contribution >= 0.6 is 0 Å². The molecule has 1 saturated heterocycles. The van der Waals surface area contributed by atoms with Crippen molar-refractivity contribution >= 4 is 17.3 Å². The summed E-state index contributed by atoms with van der Waals surface area (Å²) in [6.07, 6.45) is 2.96. The van der Waals surface area contributed by atoms with Gasteiger partial charge in [-0.25, -0.2) is 4.39 Å². The van der Waals surface area contributed by atoms with Crippen LogP contribution in [0.5, 0.6) is 0 Å². The van der Waals surface area contributed by atoms with Crippen LogP contribution in [0.1, 0.15) is 29.6 Å². The molecule has 1 aromatic carbocycles. The molecule has 1 aromatic rings. The number of hydrogen-bond acceptors (Lipinski definition) is 5. The number of nitrogen functional groups attached to an aromatic ring is 1. The minimum atomic E-state index is -0.858. The third kappa shape index (κ3) is 2.21. The molecule has 2 bridgehead atoms. The third-order valence-corrected chi connectivity index (χ3v) is 4.34. The van der Waals surface area contributed by atoms with Crippen molar-refractivity contribution in [3.8, 4) is 0 Å². The Morgan fingerprint density at radius 2 is 2.24 bits per heavy atom. The zero-order valence-electron chi connectivity index (χ0n) is 11.2. The molecule has 2 fully saturated rings. The maximum atomic E-state index is 13.6. The van der Waals surface area contributed by atoms with Crippen molar-refractivity contribution < 1.29 is 14.1 Å². The lowest BCUT2D eigenvalue weighted by molar-refractivity contribution is -0.385. The number of nitrogens with zero attached hydrogens (tertiary/aromatic N) is 2. The van der Waals surface area contributed by atoms with Gasteiger partial charge < -0.3 is 10.3 Å². The number of carbonyl (C=O) groups excluding carboxylic acids is 1. The normalized spacial score (nSPS) is 23.4. The van der Waals surface area contributed by atoms with E-state index < -0.39 is 22.3 Å². The number of nitro groups is 1. The number of piperidine rings is 1. The number of anilines is 1. The van der Waals surface area contributed by atoms with Crippen LogP contribution in [0.15, 0.2) is 12.1 Å². The molecule has 2 atom stereocenters. The number of halogens is 1. The van der Waals surface area contributed by atoms with Gasteiger partial charge in [0.05, 0.1) is 16.7 Å². The van der Waals surface area contributed by atoms with Gasteiger partial charge in [-0.1, -0.05) is 0 Å². The zero-order chi connectivity index (χ0) is 15.1. The lowest BCUT2D eigenvalue weighted by atomic mass is 10.1. The van der Waals surface area contributed by atoms with E-state index in [0.29, 0.717) is 12.5 Å². The molecule has 1 saturated carbocycles. The largest absolute Gasteiger partial charge is 0.335 e. The second-order valence-corrected chi connectivity index (χ2v) is 5.54. The average Bonchev–Trinajstić information content (AvgIpc) is 3.08. The Balaban J connectivity index is 2.00. The average molecular weight is 294 g/mol. The summed E-state index contributed by atoms with van der Waals surface area (Å²) >= 11 is 0. The molecule has 7 nitrogen and oxygen atoms in total. The highest BCUT2D eigenvalue weighted by Gasteiger charge is 2.42. The van der Waals surface area contributed by atoms with Crippen LogP contribution in [-0.2, 0) is 0 Å². The second-order valence-electron chi connectivity index (χ2n) is 5.54. The van der Waals surface area contributed by atoms with Crippen LogP contribution in [0.2, 0.25) is 0 Å². The van der Waals surface area contributed by atoms with Crippen molar-refractivity contribution in [1.29, 1.82) is 0 Å². The quantitative estimate of drug-likeness (QED) is 0.501. The molecule has 8 heteroatoms. The standard InChI is InChI=1S/C13H15FN4O3/c14-10-5-12(18(20)21)9(4-11(10)16-15)13(19)17-6-7-1-2-8(17)3-7/h4-5,7-8,16H,1-3,6,15H2. The Labute approximate surface area is 120 Å². The van der Waals surface area contributed by atoms with Gasteiger partial charge in [0.15, 0.2) is 5.82 Å². The molecular weight excluding hydrogens is 279 g/mol. The molecular formula is C13H15FN4O3. The maximum Gasteiger partial charge on any atom is 0.285 e. The van der Waals surface area contributed by atoms with Crippen molar-refractivity contribution in [1.82, 2.24) is 4.90 Å². The summed E-state index contributed by atoms with van der Waals surface area (Å²) in [6, 6.07) is 1.99. The molecule has 112 valence electrons. The van der Waals surface area contributed by atoms with Gasteiger partial charge >= 0.3 is 0 Å². The Bertz CT molecular complexity index is 622. The summed E-state index contributed by atoms with van der Waals surface area (Å²) in [5.41, 5.74) is 1.33. The Hall–Kier alpha value is -2.22. The summed E-state index contributed by atoms with van der Waals surface area (Å²) in [4.78, 5) is 24.6. The SMILES string of the molecule is NNc1cc(C(=O)N2CC3CCC2C3)c([N+](=O)[O-])cc1F. The monoisotopic (exact) mass is 294 g/mol. The fraction of sp³-hybridized carbons (Fsp3) is 0.462. The molecule has 1 aliphatic heterocycles. The van der Waals surface area contributed by atoms with Crippen molar-refractivity contribution in [3.05, 3.63) is 33.6 Å². The summed E-state index contributed by atoms with van der Waals surface area (Å²) in [5.74, 6) is 4.37. The number of hydrogen-bond donors (Lipinski definition) is 2. The molecule has 0 radical (unpaired) electrons. The van der Waals surface area contributed by atoms with Gasteiger partial charge in [-0.15, -0.1) is 0 Å². The first-order valence-corrected chi connectivity index (χ1v) is 6.76. The van der Waals surface area contributed by atoms with Crippen LogP contribution in [-0.4, -0.2) is 28.3 Å². The Morgan fingerprint density at radius 3 is 2.76 bits per heavy atom. The van der Waals surface area contributed by atoms with E-state index in [-0.39, 0.29) is 17.3 Å². The number of likely N-dealkylation sites (tertiary alicyclic amines) is 1. The Morgan fingerprint density at radius 1 is 1.48 bits per heavy atom. The summed E-state index contributed by atoms with van der Waals surface area (Å²) in [6.45, 7) is 0.615. The van der Waals surface area contributed by atoms with E-state index >= 15 is 0 Å². The number of benzene rings is 1. The van der Waals surface area contributed by atoms with E-state index in [2.05, 4.69) is 5.43 Å². The van der Waals surface area contributed by atoms with Crippen molar-refractivity contribution in [2.75, 3.05) is 12.0 Å². The molecule has 3 N–H and O–H groups in total. The molecule has 3 rings (SSSR count). The summed E-state index contributed by atoms with van der Waals surface area (Å²) in [5, 5.41) is 11.1. The fourth-order valence-electron chi connectivity index (χ4n) is 3.32. The van der Waals surface area contributed by atoms with E-state index in [9.17, 15) is 19.3 Å². The predicted molar refractivity (Wildman–Crippen MR) is 73.0 cm³/mol. The topological polar surface area (TPSA) is 102 Å². The van der Waals surface area contributed by atoms with Crippen LogP contribution in [0.25, 0.3) is 0 Å². The van der Waals surface area contributed by atoms with E-state index in [0.717, 1.165) is 31.4 Å². The number of carbonyl (C=O) groups is 1. The van der Waals surface area contributed by atoms with Gasteiger partial charge in [0.25, 0.3) is 11.6 Å². The number of nitrogens with two attached hydrogens (primary N) is 1. The molecule has 0 spiro atoms. The number of nitro benzene ring substituents is 1. The molecule has 0 aromatic heterocycles. The highest BCUT2D eigenvalue weighted by atomic mass is 19.1. The minimum absolute atomic E-state index is 0.123. The first kappa shape index (κ1) is 13.7. The van der Waals surface area contributed by atoms with E-state index in [4.69, 9.17) is 5.84 Å². The zero-order valence-corrected chi connectivity index (χ0v) is 11.2. The predicted octanol–water partition coefficient (Wildman–Crippen LogP) is 1.64. The van der Waals surface area contributed by atoms with Gasteiger partial charge in [-0.2, -0.15) is 0 Å². The molecule has 2 unspecified atom stereocenters. The van der Waals surface area contributed by atoms with E-state index in [1.165, 1.54) is 0 Å². The van der Waals surface area contributed by atoms with Crippen LogP contribution in [0.4, 0.5) is 15.8 Å². The highest BCUT2D eigenvalue weighted by molar-refractivity contribution is 5.99. The second kappa shape index (κ2) is 4.96. The summed E-state index contributed by atoms with van der Waals surface area (Å²) < 4.78 is 13.6. The van der Waals surface area contributed by atoms with E-state index in [1.807, 2.05) is 0 Å². The lowest BCUT2D eigenvalue weighted by Crippen LogP contribution is -2.38. The number of nitrogens with one attached hydrogen (secondary N) is 1. The first-order chi connectivity index (χ1) is 10.0. The smallest absolute Gasteiger partial charge is 0.285 e. The van der Waals surface area contributed by atoms with Crippen LogP contribution in [0.3, 0.4) is 0 Å². The van der Waals surface area contributed by atoms with Crippen molar-refractivity contribution in [2.24, 2.45) is 11.8 Å². The van der Waals surface area contributed by atoms with Crippen LogP contribution < -0.4 is 11.3 Å². The van der Waals surface area contributed by atoms with Gasteiger partial charge in [0.2, 0.25) is 0 Å². The van der Waals surface area contributed by atoms with Crippen LogP contribution in [0, 0.1) is 21.8 Å². The number of hydrazine groups is 1. The molecule has 1 aliphatic carbocycles. The number of amides is 1.